The highest BCUT2D eigenvalue weighted by Crippen LogP contribution is 2.22. The Labute approximate surface area is 87.4 Å². The van der Waals surface area contributed by atoms with Crippen LogP contribution in [0.3, 0.4) is 0 Å². The van der Waals surface area contributed by atoms with Gasteiger partial charge in [0, 0.05) is 18.8 Å². The maximum absolute atomic E-state index is 10.8. The Hall–Kier alpha value is -0.710. The summed E-state index contributed by atoms with van der Waals surface area (Å²) < 4.78 is 0. The second kappa shape index (κ2) is 4.21. The molecule has 5 heteroatoms. The summed E-state index contributed by atoms with van der Waals surface area (Å²) in [6, 6.07) is 0. The van der Waals surface area contributed by atoms with Crippen molar-refractivity contribution in [3.8, 4) is 0 Å². The van der Waals surface area contributed by atoms with Crippen molar-refractivity contribution in [2.45, 2.75) is 12.8 Å². The molecule has 0 unspecified atom stereocenters. The van der Waals surface area contributed by atoms with Crippen LogP contribution >= 0.6 is 11.8 Å². The Morgan fingerprint density at radius 2 is 2.50 bits per heavy atom. The number of carboxylic acid groups (broad SMARTS) is 1. The Kier molecular flexibility index (Phi) is 2.96. The van der Waals surface area contributed by atoms with Gasteiger partial charge in [-0.25, -0.2) is 0 Å². The zero-order valence-corrected chi connectivity index (χ0v) is 8.79. The molecule has 2 aliphatic rings. The number of thioether (sulfide) groups is 1. The predicted molar refractivity (Wildman–Crippen MR) is 56.7 cm³/mol. The number of nitrogens with zero attached hydrogens (tertiary/aromatic N) is 2. The number of piperidine rings is 1. The normalized spacial score (nSPS) is 27.6. The summed E-state index contributed by atoms with van der Waals surface area (Å²) in [5.74, 6) is 0.176. The van der Waals surface area contributed by atoms with Crippen LogP contribution in [0.25, 0.3) is 0 Å². The Balaban J connectivity index is 1.96. The van der Waals surface area contributed by atoms with Crippen molar-refractivity contribution in [1.29, 1.82) is 0 Å². The molecule has 0 radical (unpaired) electrons. The maximum atomic E-state index is 10.8. The topological polar surface area (TPSA) is 52.9 Å². The molecule has 0 bridgehead atoms. The van der Waals surface area contributed by atoms with Crippen LogP contribution in [-0.2, 0) is 4.79 Å². The lowest BCUT2D eigenvalue weighted by molar-refractivity contribution is -0.143. The van der Waals surface area contributed by atoms with Gasteiger partial charge >= 0.3 is 5.97 Å². The van der Waals surface area contributed by atoms with Crippen molar-refractivity contribution in [3.05, 3.63) is 0 Å². The monoisotopic (exact) mass is 214 g/mol. The van der Waals surface area contributed by atoms with Crippen LogP contribution in [-0.4, -0.2) is 46.5 Å². The fourth-order valence-electron chi connectivity index (χ4n) is 1.87. The van der Waals surface area contributed by atoms with E-state index in [1.807, 2.05) is 0 Å². The molecular weight excluding hydrogens is 200 g/mol. The molecule has 14 heavy (non-hydrogen) atoms. The molecule has 0 spiro atoms. The van der Waals surface area contributed by atoms with Crippen LogP contribution in [0, 0.1) is 5.92 Å². The molecular formula is C9H14N2O2S. The van der Waals surface area contributed by atoms with E-state index in [1.54, 1.807) is 11.8 Å². The molecule has 2 rings (SSSR count). The van der Waals surface area contributed by atoms with Crippen LogP contribution in [0.1, 0.15) is 12.8 Å². The maximum Gasteiger partial charge on any atom is 0.308 e. The van der Waals surface area contributed by atoms with Gasteiger partial charge in [-0.1, -0.05) is 11.8 Å². The predicted octanol–water partition coefficient (Wildman–Crippen LogP) is 0.886. The molecule has 1 fully saturated rings. The van der Waals surface area contributed by atoms with Gasteiger partial charge in [-0.05, 0) is 12.8 Å². The Bertz CT molecular complexity index is 268. The molecule has 0 aromatic heterocycles. The van der Waals surface area contributed by atoms with Gasteiger partial charge in [-0.3, -0.25) is 9.79 Å². The molecule has 78 valence electrons. The van der Waals surface area contributed by atoms with E-state index in [0.717, 1.165) is 36.9 Å². The smallest absolute Gasteiger partial charge is 0.308 e. The van der Waals surface area contributed by atoms with Gasteiger partial charge in [0.1, 0.15) is 0 Å². The minimum absolute atomic E-state index is 0.201. The van der Waals surface area contributed by atoms with E-state index in [2.05, 4.69) is 9.89 Å². The van der Waals surface area contributed by atoms with E-state index in [1.165, 1.54) is 0 Å². The van der Waals surface area contributed by atoms with Crippen LogP contribution in [0.5, 0.6) is 0 Å². The lowest BCUT2D eigenvalue weighted by Crippen LogP contribution is -2.40. The van der Waals surface area contributed by atoms with E-state index in [9.17, 15) is 4.79 Å². The number of hydrogen-bond donors (Lipinski definition) is 1. The highest BCUT2D eigenvalue weighted by Gasteiger charge is 2.28. The molecule has 1 saturated heterocycles. The molecule has 1 N–H and O–H groups in total. The number of aliphatic carboxylic acids is 1. The minimum Gasteiger partial charge on any atom is -0.481 e. The van der Waals surface area contributed by atoms with Gasteiger partial charge in [0.25, 0.3) is 0 Å². The van der Waals surface area contributed by atoms with Gasteiger partial charge in [-0.15, -0.1) is 0 Å². The summed E-state index contributed by atoms with van der Waals surface area (Å²) in [6.07, 6.45) is 1.78. The highest BCUT2D eigenvalue weighted by molar-refractivity contribution is 8.14. The van der Waals surface area contributed by atoms with E-state index in [-0.39, 0.29) is 5.92 Å². The molecule has 2 aliphatic heterocycles. The van der Waals surface area contributed by atoms with Gasteiger partial charge in [-0.2, -0.15) is 0 Å². The summed E-state index contributed by atoms with van der Waals surface area (Å²) in [6.45, 7) is 2.49. The average Bonchev–Trinajstić information content (AvgIpc) is 2.71. The van der Waals surface area contributed by atoms with Crippen molar-refractivity contribution in [2.24, 2.45) is 10.9 Å². The van der Waals surface area contributed by atoms with Gasteiger partial charge in [0.05, 0.1) is 12.5 Å². The first-order valence-electron chi connectivity index (χ1n) is 4.92. The first-order chi connectivity index (χ1) is 6.77. The molecule has 0 aliphatic carbocycles. The summed E-state index contributed by atoms with van der Waals surface area (Å²) in [5.41, 5.74) is 0. The lowest BCUT2D eigenvalue weighted by atomic mass is 9.99. The summed E-state index contributed by atoms with van der Waals surface area (Å²) in [4.78, 5) is 17.3. The third-order valence-electron chi connectivity index (χ3n) is 2.61. The van der Waals surface area contributed by atoms with Crippen LogP contribution in [0.2, 0.25) is 0 Å². The van der Waals surface area contributed by atoms with Crippen LogP contribution < -0.4 is 0 Å². The second-order valence-corrected chi connectivity index (χ2v) is 4.70. The van der Waals surface area contributed by atoms with E-state index >= 15 is 0 Å². The number of aliphatic imine (C=N–C) groups is 1. The zero-order chi connectivity index (χ0) is 9.97. The van der Waals surface area contributed by atoms with Crippen molar-refractivity contribution in [2.75, 3.05) is 25.4 Å². The molecule has 0 aromatic rings. The highest BCUT2D eigenvalue weighted by atomic mass is 32.2. The SMILES string of the molecule is O=C(O)[C@H]1CCCN(C2=NCCS2)C1. The Morgan fingerprint density at radius 1 is 1.64 bits per heavy atom. The average molecular weight is 214 g/mol. The Morgan fingerprint density at radius 3 is 3.14 bits per heavy atom. The number of hydrogen-bond acceptors (Lipinski definition) is 4. The molecule has 0 saturated carbocycles. The molecule has 0 amide bonds. The summed E-state index contributed by atoms with van der Waals surface area (Å²) in [5, 5.41) is 9.98. The number of carbonyl (C=O) groups is 1. The van der Waals surface area contributed by atoms with E-state index in [4.69, 9.17) is 5.11 Å². The quantitative estimate of drug-likeness (QED) is 0.704. The fraction of sp³-hybridized carbons (Fsp3) is 0.778. The van der Waals surface area contributed by atoms with Crippen molar-refractivity contribution in [3.63, 3.8) is 0 Å². The van der Waals surface area contributed by atoms with Crippen LogP contribution in [0.15, 0.2) is 4.99 Å². The third-order valence-corrected chi connectivity index (χ3v) is 3.64. The molecule has 1 atom stereocenters. The number of carboxylic acids is 1. The van der Waals surface area contributed by atoms with Gasteiger partial charge in [0.15, 0.2) is 5.17 Å². The minimum atomic E-state index is -0.668. The standard InChI is InChI=1S/C9H14N2O2S/c12-8(13)7-2-1-4-11(6-7)9-10-3-5-14-9/h7H,1-6H2,(H,12,13)/t7-/m0/s1. The van der Waals surface area contributed by atoms with E-state index < -0.39 is 5.97 Å². The number of rotatable bonds is 1. The number of amidine groups is 1. The van der Waals surface area contributed by atoms with Crippen molar-refractivity contribution in [1.82, 2.24) is 4.90 Å². The summed E-state index contributed by atoms with van der Waals surface area (Å²) >= 11 is 1.75. The van der Waals surface area contributed by atoms with E-state index in [0.29, 0.717) is 6.54 Å². The fourth-order valence-corrected chi connectivity index (χ4v) is 2.76. The first-order valence-corrected chi connectivity index (χ1v) is 5.91. The second-order valence-electron chi connectivity index (χ2n) is 3.64. The lowest BCUT2D eigenvalue weighted by Gasteiger charge is -2.31. The first kappa shape index (κ1) is 9.83. The van der Waals surface area contributed by atoms with Crippen molar-refractivity contribution < 1.29 is 9.90 Å². The summed E-state index contributed by atoms with van der Waals surface area (Å²) in [7, 11) is 0. The zero-order valence-electron chi connectivity index (χ0n) is 7.98. The van der Waals surface area contributed by atoms with Crippen molar-refractivity contribution >= 4 is 22.9 Å². The molecule has 4 nitrogen and oxygen atoms in total. The molecule has 0 aromatic carbocycles. The van der Waals surface area contributed by atoms with Gasteiger partial charge in [0.2, 0.25) is 0 Å². The number of likely N-dealkylation sites (tertiary alicyclic amines) is 1. The molecule has 2 heterocycles. The largest absolute Gasteiger partial charge is 0.481 e. The third kappa shape index (κ3) is 2.03. The van der Waals surface area contributed by atoms with Gasteiger partial charge < -0.3 is 10.0 Å². The van der Waals surface area contributed by atoms with Crippen LogP contribution in [0.4, 0.5) is 0 Å².